The maximum Gasteiger partial charge on any atom is 0.238 e. The van der Waals surface area contributed by atoms with E-state index in [9.17, 15) is 4.79 Å². The van der Waals surface area contributed by atoms with Crippen LogP contribution < -0.4 is 5.32 Å². The molecule has 2 rings (SSSR count). The molecule has 1 saturated heterocycles. The summed E-state index contributed by atoms with van der Waals surface area (Å²) in [6, 6.07) is 0.413. The molecule has 0 radical (unpaired) electrons. The summed E-state index contributed by atoms with van der Waals surface area (Å²) >= 11 is 0. The SMILES string of the molecule is CCC1NCC(=O)N1C1CC(C)(C)CC(C)(C)C1. The second-order valence-electron chi connectivity index (χ2n) is 7.67. The first-order valence-corrected chi connectivity index (χ1v) is 7.29. The topological polar surface area (TPSA) is 32.3 Å². The summed E-state index contributed by atoms with van der Waals surface area (Å²) in [5.41, 5.74) is 0.682. The molecule has 3 heteroatoms. The van der Waals surface area contributed by atoms with Crippen LogP contribution >= 0.6 is 0 Å². The molecule has 1 heterocycles. The molecule has 2 aliphatic rings. The van der Waals surface area contributed by atoms with Crippen molar-refractivity contribution < 1.29 is 4.79 Å². The molecule has 0 aromatic rings. The smallest absolute Gasteiger partial charge is 0.238 e. The largest absolute Gasteiger partial charge is 0.323 e. The number of nitrogens with one attached hydrogen (secondary N) is 1. The van der Waals surface area contributed by atoms with Crippen LogP contribution in [0.5, 0.6) is 0 Å². The predicted octanol–water partition coefficient (Wildman–Crippen LogP) is 2.76. The van der Waals surface area contributed by atoms with Gasteiger partial charge in [0.25, 0.3) is 0 Å². The van der Waals surface area contributed by atoms with Crippen LogP contribution in [0.2, 0.25) is 0 Å². The molecule has 0 spiro atoms. The minimum absolute atomic E-state index is 0.257. The van der Waals surface area contributed by atoms with Crippen LogP contribution in [0.1, 0.15) is 60.3 Å². The van der Waals surface area contributed by atoms with Gasteiger partial charge in [-0.1, -0.05) is 34.6 Å². The highest BCUT2D eigenvalue weighted by molar-refractivity contribution is 5.81. The first kappa shape index (κ1) is 13.9. The minimum Gasteiger partial charge on any atom is -0.323 e. The van der Waals surface area contributed by atoms with Gasteiger partial charge in [0, 0.05) is 6.04 Å². The normalized spacial score (nSPS) is 31.9. The average Bonchev–Trinajstić information content (AvgIpc) is 2.54. The Morgan fingerprint density at radius 2 is 1.78 bits per heavy atom. The van der Waals surface area contributed by atoms with Gasteiger partial charge in [-0.3, -0.25) is 10.1 Å². The van der Waals surface area contributed by atoms with Gasteiger partial charge in [0.05, 0.1) is 12.7 Å². The van der Waals surface area contributed by atoms with Gasteiger partial charge in [-0.05, 0) is 36.5 Å². The monoisotopic (exact) mass is 252 g/mol. The van der Waals surface area contributed by atoms with Gasteiger partial charge in [0.2, 0.25) is 5.91 Å². The molecule has 1 saturated carbocycles. The summed E-state index contributed by atoms with van der Waals surface area (Å²) < 4.78 is 0. The maximum absolute atomic E-state index is 12.1. The number of hydrogen-bond donors (Lipinski definition) is 1. The van der Waals surface area contributed by atoms with E-state index in [2.05, 4.69) is 44.8 Å². The zero-order chi connectivity index (χ0) is 13.6. The molecule has 1 atom stereocenters. The quantitative estimate of drug-likeness (QED) is 0.819. The summed E-state index contributed by atoms with van der Waals surface area (Å²) in [5.74, 6) is 0.292. The molecule has 1 unspecified atom stereocenters. The lowest BCUT2D eigenvalue weighted by Gasteiger charge is -2.48. The number of rotatable bonds is 2. The van der Waals surface area contributed by atoms with E-state index in [4.69, 9.17) is 0 Å². The lowest BCUT2D eigenvalue weighted by atomic mass is 9.63. The van der Waals surface area contributed by atoms with Crippen molar-refractivity contribution in [3.8, 4) is 0 Å². The lowest BCUT2D eigenvalue weighted by molar-refractivity contribution is -0.133. The predicted molar refractivity (Wildman–Crippen MR) is 74.1 cm³/mol. The van der Waals surface area contributed by atoms with Crippen molar-refractivity contribution in [2.24, 2.45) is 10.8 Å². The molecule has 18 heavy (non-hydrogen) atoms. The number of nitrogens with zero attached hydrogens (tertiary/aromatic N) is 1. The maximum atomic E-state index is 12.1. The third-order valence-electron chi connectivity index (χ3n) is 4.43. The van der Waals surface area contributed by atoms with E-state index in [1.54, 1.807) is 0 Å². The minimum atomic E-state index is 0.257. The highest BCUT2D eigenvalue weighted by atomic mass is 16.2. The van der Waals surface area contributed by atoms with E-state index < -0.39 is 0 Å². The van der Waals surface area contributed by atoms with E-state index in [0.717, 1.165) is 19.3 Å². The van der Waals surface area contributed by atoms with Crippen LogP contribution in [0.15, 0.2) is 0 Å². The van der Waals surface area contributed by atoms with Crippen molar-refractivity contribution >= 4 is 5.91 Å². The van der Waals surface area contributed by atoms with E-state index in [0.29, 0.717) is 29.3 Å². The Morgan fingerprint density at radius 1 is 1.22 bits per heavy atom. The van der Waals surface area contributed by atoms with Gasteiger partial charge in [-0.2, -0.15) is 0 Å². The summed E-state index contributed by atoms with van der Waals surface area (Å²) in [5, 5.41) is 3.33. The molecule has 0 bridgehead atoms. The van der Waals surface area contributed by atoms with Gasteiger partial charge < -0.3 is 4.90 Å². The number of amides is 1. The number of hydrogen-bond acceptors (Lipinski definition) is 2. The van der Waals surface area contributed by atoms with E-state index >= 15 is 0 Å². The number of carbonyl (C=O) groups excluding carboxylic acids is 1. The summed E-state index contributed by atoms with van der Waals surface area (Å²) in [4.78, 5) is 14.3. The van der Waals surface area contributed by atoms with E-state index in [1.807, 2.05) is 0 Å². The highest BCUT2D eigenvalue weighted by Crippen LogP contribution is 2.47. The zero-order valence-electron chi connectivity index (χ0n) is 12.5. The Labute approximate surface area is 111 Å². The van der Waals surface area contributed by atoms with E-state index in [1.165, 1.54) is 6.42 Å². The molecule has 3 nitrogen and oxygen atoms in total. The first-order valence-electron chi connectivity index (χ1n) is 7.29. The molecule has 1 N–H and O–H groups in total. The number of carbonyl (C=O) groups is 1. The van der Waals surface area contributed by atoms with Crippen molar-refractivity contribution in [1.82, 2.24) is 10.2 Å². The van der Waals surface area contributed by atoms with Gasteiger partial charge >= 0.3 is 0 Å². The third kappa shape index (κ3) is 2.71. The second kappa shape index (κ2) is 4.52. The summed E-state index contributed by atoms with van der Waals surface area (Å²) in [6.45, 7) is 12.1. The molecular formula is C15H28N2O. The Hall–Kier alpha value is -0.570. The third-order valence-corrected chi connectivity index (χ3v) is 4.43. The molecule has 0 aromatic carbocycles. The van der Waals surface area contributed by atoms with Crippen LogP contribution in [-0.4, -0.2) is 29.6 Å². The Kier molecular flexibility index (Phi) is 3.48. The van der Waals surface area contributed by atoms with Crippen molar-refractivity contribution in [2.45, 2.75) is 72.5 Å². The van der Waals surface area contributed by atoms with Crippen LogP contribution in [0.25, 0.3) is 0 Å². The van der Waals surface area contributed by atoms with Crippen molar-refractivity contribution in [3.63, 3.8) is 0 Å². The molecule has 104 valence electrons. The molecule has 1 aliphatic carbocycles. The standard InChI is InChI=1S/C15H28N2O/c1-6-12-16-9-13(18)17(12)11-7-14(2,3)10-15(4,5)8-11/h11-12,16H,6-10H2,1-5H3. The molecule has 1 aliphatic heterocycles. The van der Waals surface area contributed by atoms with Crippen LogP contribution in [0.3, 0.4) is 0 Å². The van der Waals surface area contributed by atoms with Crippen LogP contribution in [0, 0.1) is 10.8 Å². The molecule has 1 amide bonds. The van der Waals surface area contributed by atoms with Crippen molar-refractivity contribution in [3.05, 3.63) is 0 Å². The van der Waals surface area contributed by atoms with Gasteiger partial charge in [-0.15, -0.1) is 0 Å². The first-order chi connectivity index (χ1) is 8.24. The van der Waals surface area contributed by atoms with Gasteiger partial charge in [0.15, 0.2) is 0 Å². The van der Waals surface area contributed by atoms with Gasteiger partial charge in [0.1, 0.15) is 0 Å². The molecule has 0 aromatic heterocycles. The fourth-order valence-corrected chi connectivity index (χ4v) is 4.35. The second-order valence-corrected chi connectivity index (χ2v) is 7.67. The van der Waals surface area contributed by atoms with Crippen LogP contribution in [-0.2, 0) is 4.79 Å². The molecule has 2 fully saturated rings. The van der Waals surface area contributed by atoms with Crippen LogP contribution in [0.4, 0.5) is 0 Å². The summed E-state index contributed by atoms with van der Waals surface area (Å²) in [7, 11) is 0. The Morgan fingerprint density at radius 3 is 2.28 bits per heavy atom. The lowest BCUT2D eigenvalue weighted by Crippen LogP contribution is -2.50. The van der Waals surface area contributed by atoms with Crippen molar-refractivity contribution in [2.75, 3.05) is 6.54 Å². The summed E-state index contributed by atoms with van der Waals surface area (Å²) in [6.07, 6.45) is 4.79. The van der Waals surface area contributed by atoms with E-state index in [-0.39, 0.29) is 6.17 Å². The Balaban J connectivity index is 2.19. The van der Waals surface area contributed by atoms with Gasteiger partial charge in [-0.25, -0.2) is 0 Å². The fourth-order valence-electron chi connectivity index (χ4n) is 4.35. The average molecular weight is 252 g/mol. The molecular weight excluding hydrogens is 224 g/mol. The Bertz CT molecular complexity index is 319. The highest BCUT2D eigenvalue weighted by Gasteiger charge is 2.44. The van der Waals surface area contributed by atoms with Crippen molar-refractivity contribution in [1.29, 1.82) is 0 Å². The zero-order valence-corrected chi connectivity index (χ0v) is 12.5. The fraction of sp³-hybridized carbons (Fsp3) is 0.933.